The summed E-state index contributed by atoms with van der Waals surface area (Å²) in [6.07, 6.45) is 3.99. The first-order chi connectivity index (χ1) is 14.6. The zero-order valence-electron chi connectivity index (χ0n) is 17.7. The number of nitrogens with zero attached hydrogens (tertiary/aromatic N) is 2. The normalized spacial score (nSPS) is 17.2. The summed E-state index contributed by atoms with van der Waals surface area (Å²) in [5.74, 6) is 1.25. The number of likely N-dealkylation sites (tertiary alicyclic amines) is 2. The van der Waals surface area contributed by atoms with Gasteiger partial charge in [-0.2, -0.15) is 0 Å². The lowest BCUT2D eigenvalue weighted by Crippen LogP contribution is -2.40. The standard InChI is InChI=1S/C25H30N2O3/c1-19-8-2-3-9-21(19)24(28)27-16-12-20(13-17-27)18-30-23-11-5-4-10-22(23)25(29)26-14-6-7-15-26/h2-5,8-11,20H,6-7,12-18H2,1H3. The van der Waals surface area contributed by atoms with Gasteiger partial charge >= 0.3 is 0 Å². The number of hydrogen-bond donors (Lipinski definition) is 0. The van der Waals surface area contributed by atoms with Crippen molar-refractivity contribution in [1.82, 2.24) is 9.80 Å². The van der Waals surface area contributed by atoms with Crippen LogP contribution in [0.3, 0.4) is 0 Å². The van der Waals surface area contributed by atoms with E-state index in [9.17, 15) is 9.59 Å². The molecule has 5 heteroatoms. The first kappa shape index (κ1) is 20.5. The van der Waals surface area contributed by atoms with E-state index in [0.29, 0.717) is 23.8 Å². The van der Waals surface area contributed by atoms with Gasteiger partial charge in [0, 0.05) is 31.7 Å². The summed E-state index contributed by atoms with van der Waals surface area (Å²) < 4.78 is 6.11. The molecular formula is C25H30N2O3. The predicted octanol–water partition coefficient (Wildman–Crippen LogP) is 4.16. The molecule has 0 spiro atoms. The smallest absolute Gasteiger partial charge is 0.257 e. The minimum Gasteiger partial charge on any atom is -0.492 e. The van der Waals surface area contributed by atoms with Crippen LogP contribution in [0.4, 0.5) is 0 Å². The van der Waals surface area contributed by atoms with Gasteiger partial charge < -0.3 is 14.5 Å². The van der Waals surface area contributed by atoms with Gasteiger partial charge in [0.15, 0.2) is 0 Å². The highest BCUT2D eigenvalue weighted by Gasteiger charge is 2.26. The summed E-state index contributed by atoms with van der Waals surface area (Å²) in [7, 11) is 0. The number of hydrogen-bond acceptors (Lipinski definition) is 3. The molecule has 4 rings (SSSR count). The van der Waals surface area contributed by atoms with E-state index in [1.165, 1.54) is 0 Å². The van der Waals surface area contributed by atoms with Crippen molar-refractivity contribution in [3.63, 3.8) is 0 Å². The average Bonchev–Trinajstić information content (AvgIpc) is 3.33. The summed E-state index contributed by atoms with van der Waals surface area (Å²) in [6.45, 7) is 5.72. The Kier molecular flexibility index (Phi) is 6.36. The molecule has 2 aliphatic heterocycles. The van der Waals surface area contributed by atoms with Crippen LogP contribution in [0.1, 0.15) is 52.0 Å². The second-order valence-electron chi connectivity index (χ2n) is 8.36. The fourth-order valence-corrected chi connectivity index (χ4v) is 4.35. The number of rotatable bonds is 5. The Labute approximate surface area is 178 Å². The third kappa shape index (κ3) is 4.50. The van der Waals surface area contributed by atoms with Crippen molar-refractivity contribution in [3.8, 4) is 5.75 Å². The number of aryl methyl sites for hydroxylation is 1. The van der Waals surface area contributed by atoms with E-state index in [0.717, 1.165) is 63.0 Å². The van der Waals surface area contributed by atoms with Gasteiger partial charge in [-0.15, -0.1) is 0 Å². The fraction of sp³-hybridized carbons (Fsp3) is 0.440. The Morgan fingerprint density at radius 3 is 2.10 bits per heavy atom. The Bertz CT molecular complexity index is 897. The van der Waals surface area contributed by atoms with E-state index in [2.05, 4.69) is 0 Å². The van der Waals surface area contributed by atoms with Crippen LogP contribution in [-0.2, 0) is 0 Å². The van der Waals surface area contributed by atoms with Crippen molar-refractivity contribution >= 4 is 11.8 Å². The Balaban J connectivity index is 1.32. The molecule has 0 bridgehead atoms. The maximum absolute atomic E-state index is 12.8. The van der Waals surface area contributed by atoms with E-state index in [1.807, 2.05) is 65.3 Å². The van der Waals surface area contributed by atoms with E-state index < -0.39 is 0 Å². The first-order valence-electron chi connectivity index (χ1n) is 11.0. The van der Waals surface area contributed by atoms with E-state index >= 15 is 0 Å². The molecule has 2 aromatic carbocycles. The molecule has 0 aliphatic carbocycles. The zero-order chi connectivity index (χ0) is 20.9. The number of carbonyl (C=O) groups is 2. The van der Waals surface area contributed by atoms with Gasteiger partial charge in [-0.05, 0) is 62.3 Å². The second-order valence-corrected chi connectivity index (χ2v) is 8.36. The lowest BCUT2D eigenvalue weighted by atomic mass is 9.96. The van der Waals surface area contributed by atoms with Crippen LogP contribution in [-0.4, -0.2) is 54.4 Å². The lowest BCUT2D eigenvalue weighted by Gasteiger charge is -2.32. The van der Waals surface area contributed by atoms with Gasteiger partial charge in [-0.3, -0.25) is 9.59 Å². The van der Waals surface area contributed by atoms with Gasteiger partial charge in [0.1, 0.15) is 5.75 Å². The SMILES string of the molecule is Cc1ccccc1C(=O)N1CCC(COc2ccccc2C(=O)N2CCCC2)CC1. The molecule has 0 aromatic heterocycles. The molecule has 2 fully saturated rings. The molecule has 0 N–H and O–H groups in total. The molecule has 2 saturated heterocycles. The van der Waals surface area contributed by atoms with Crippen molar-refractivity contribution in [2.45, 2.75) is 32.6 Å². The summed E-state index contributed by atoms with van der Waals surface area (Å²) in [5.41, 5.74) is 2.47. The quantitative estimate of drug-likeness (QED) is 0.749. The number of benzene rings is 2. The summed E-state index contributed by atoms with van der Waals surface area (Å²) >= 11 is 0. The van der Waals surface area contributed by atoms with Crippen LogP contribution in [0, 0.1) is 12.8 Å². The fourth-order valence-electron chi connectivity index (χ4n) is 4.35. The number of piperidine rings is 1. The third-order valence-electron chi connectivity index (χ3n) is 6.26. The monoisotopic (exact) mass is 406 g/mol. The largest absolute Gasteiger partial charge is 0.492 e. The minimum absolute atomic E-state index is 0.0711. The Morgan fingerprint density at radius 1 is 0.833 bits per heavy atom. The van der Waals surface area contributed by atoms with Crippen molar-refractivity contribution < 1.29 is 14.3 Å². The van der Waals surface area contributed by atoms with Gasteiger partial charge in [-0.1, -0.05) is 30.3 Å². The van der Waals surface area contributed by atoms with Crippen molar-refractivity contribution in [3.05, 3.63) is 65.2 Å². The van der Waals surface area contributed by atoms with Gasteiger partial charge in [0.05, 0.1) is 12.2 Å². The highest BCUT2D eigenvalue weighted by atomic mass is 16.5. The average molecular weight is 407 g/mol. The highest BCUT2D eigenvalue weighted by Crippen LogP contribution is 2.25. The molecule has 0 unspecified atom stereocenters. The molecule has 0 atom stereocenters. The number of amides is 2. The Morgan fingerprint density at radius 2 is 1.40 bits per heavy atom. The minimum atomic E-state index is 0.0711. The van der Waals surface area contributed by atoms with Gasteiger partial charge in [-0.25, -0.2) is 0 Å². The molecule has 2 amide bonds. The van der Waals surface area contributed by atoms with E-state index in [1.54, 1.807) is 0 Å². The molecule has 5 nitrogen and oxygen atoms in total. The van der Waals surface area contributed by atoms with Crippen LogP contribution in [0.15, 0.2) is 48.5 Å². The predicted molar refractivity (Wildman–Crippen MR) is 117 cm³/mol. The van der Waals surface area contributed by atoms with Gasteiger partial charge in [0.25, 0.3) is 11.8 Å². The second kappa shape index (κ2) is 9.33. The van der Waals surface area contributed by atoms with Crippen LogP contribution >= 0.6 is 0 Å². The topological polar surface area (TPSA) is 49.9 Å². The van der Waals surface area contributed by atoms with Crippen LogP contribution < -0.4 is 4.74 Å². The van der Waals surface area contributed by atoms with Crippen LogP contribution in [0.25, 0.3) is 0 Å². The van der Waals surface area contributed by atoms with Crippen LogP contribution in [0.2, 0.25) is 0 Å². The maximum Gasteiger partial charge on any atom is 0.257 e. The van der Waals surface area contributed by atoms with Crippen molar-refractivity contribution in [2.24, 2.45) is 5.92 Å². The molecule has 158 valence electrons. The van der Waals surface area contributed by atoms with Crippen molar-refractivity contribution in [1.29, 1.82) is 0 Å². The molecule has 0 saturated carbocycles. The Hall–Kier alpha value is -2.82. The molecule has 30 heavy (non-hydrogen) atoms. The molecule has 0 radical (unpaired) electrons. The number of para-hydroxylation sites is 1. The first-order valence-corrected chi connectivity index (χ1v) is 11.0. The molecule has 2 aromatic rings. The molecular weight excluding hydrogens is 376 g/mol. The highest BCUT2D eigenvalue weighted by molar-refractivity contribution is 5.97. The summed E-state index contributed by atoms with van der Waals surface area (Å²) in [4.78, 5) is 29.5. The molecule has 2 heterocycles. The lowest BCUT2D eigenvalue weighted by molar-refractivity contribution is 0.0656. The van der Waals surface area contributed by atoms with E-state index in [-0.39, 0.29) is 11.8 Å². The zero-order valence-corrected chi connectivity index (χ0v) is 17.7. The molecule has 2 aliphatic rings. The van der Waals surface area contributed by atoms with E-state index in [4.69, 9.17) is 4.74 Å². The number of carbonyl (C=O) groups excluding carboxylic acids is 2. The van der Waals surface area contributed by atoms with Crippen molar-refractivity contribution in [2.75, 3.05) is 32.8 Å². The summed E-state index contributed by atoms with van der Waals surface area (Å²) in [6, 6.07) is 15.3. The maximum atomic E-state index is 12.8. The summed E-state index contributed by atoms with van der Waals surface area (Å²) in [5, 5.41) is 0. The van der Waals surface area contributed by atoms with Gasteiger partial charge in [0.2, 0.25) is 0 Å². The van der Waals surface area contributed by atoms with Crippen LogP contribution in [0.5, 0.6) is 5.75 Å². The number of ether oxygens (including phenoxy) is 1. The third-order valence-corrected chi connectivity index (χ3v) is 6.26.